The molecule has 4 heteroatoms. The van der Waals surface area contributed by atoms with Crippen molar-refractivity contribution in [1.29, 1.82) is 0 Å². The molecule has 0 aliphatic carbocycles. The summed E-state index contributed by atoms with van der Waals surface area (Å²) in [6.07, 6.45) is 2.30. The number of aliphatic hydroxyl groups excluding tert-OH is 1. The quantitative estimate of drug-likeness (QED) is 0.652. The number of hydrogen-bond donors (Lipinski definition) is 1. The second-order valence-electron chi connectivity index (χ2n) is 3.01. The Morgan fingerprint density at radius 2 is 2.42 bits per heavy atom. The Labute approximate surface area is 75.6 Å². The Hall–Kier alpha value is -0.610. The van der Waals surface area contributed by atoms with E-state index in [1.807, 2.05) is 13.8 Å². The molecule has 1 rings (SSSR count). The third kappa shape index (κ3) is 1.76. The van der Waals surface area contributed by atoms with E-state index in [4.69, 9.17) is 5.11 Å². The van der Waals surface area contributed by atoms with Crippen LogP contribution in [0.15, 0.2) is 16.8 Å². The zero-order chi connectivity index (χ0) is 9.19. The minimum Gasteiger partial charge on any atom is -0.392 e. The van der Waals surface area contributed by atoms with Crippen molar-refractivity contribution in [1.82, 2.24) is 0 Å². The number of aliphatic hydroxyl groups is 1. The fraction of sp³-hybridized carbons (Fsp3) is 0.500. The molecule has 3 nitrogen and oxygen atoms in total. The standard InChI is InChI=1S/C8H11NO2S/c1-8(2)6(4-10)3-9-7(5-11)12-8/h3,5,10H,4H2,1-2H3. The number of aliphatic imine (C=N–C) groups is 1. The van der Waals surface area contributed by atoms with Gasteiger partial charge in [0, 0.05) is 10.9 Å². The number of carbonyl (C=O) groups excluding carboxylic acids is 1. The minimum absolute atomic E-state index is 0.00433. The van der Waals surface area contributed by atoms with Gasteiger partial charge in [-0.25, -0.2) is 4.99 Å². The molecule has 0 fully saturated rings. The second kappa shape index (κ2) is 3.41. The lowest BCUT2D eigenvalue weighted by Gasteiger charge is -2.27. The molecule has 1 heterocycles. The monoisotopic (exact) mass is 185 g/mol. The average Bonchev–Trinajstić information content (AvgIpc) is 2.02. The van der Waals surface area contributed by atoms with Crippen LogP contribution in [-0.2, 0) is 4.79 Å². The van der Waals surface area contributed by atoms with Crippen molar-refractivity contribution < 1.29 is 9.90 Å². The van der Waals surface area contributed by atoms with E-state index in [-0.39, 0.29) is 11.4 Å². The number of rotatable bonds is 2. The highest BCUT2D eigenvalue weighted by atomic mass is 32.2. The van der Waals surface area contributed by atoms with E-state index in [1.165, 1.54) is 11.8 Å². The van der Waals surface area contributed by atoms with Gasteiger partial charge in [-0.2, -0.15) is 0 Å². The zero-order valence-electron chi connectivity index (χ0n) is 7.07. The summed E-state index contributed by atoms with van der Waals surface area (Å²) in [7, 11) is 0. The molecule has 66 valence electrons. The Balaban J connectivity index is 2.93. The Morgan fingerprint density at radius 3 is 2.83 bits per heavy atom. The van der Waals surface area contributed by atoms with Crippen LogP contribution in [-0.4, -0.2) is 27.8 Å². The van der Waals surface area contributed by atoms with Gasteiger partial charge in [0.25, 0.3) is 0 Å². The molecule has 0 spiro atoms. The van der Waals surface area contributed by atoms with E-state index in [2.05, 4.69) is 4.99 Å². The minimum atomic E-state index is -0.216. The van der Waals surface area contributed by atoms with Crippen molar-refractivity contribution in [2.24, 2.45) is 4.99 Å². The summed E-state index contributed by atoms with van der Waals surface area (Å²) in [6, 6.07) is 0. The van der Waals surface area contributed by atoms with Gasteiger partial charge < -0.3 is 5.11 Å². The van der Waals surface area contributed by atoms with Crippen LogP contribution in [0.2, 0.25) is 0 Å². The van der Waals surface area contributed by atoms with Gasteiger partial charge in [0.05, 0.1) is 6.61 Å². The Kier molecular flexibility index (Phi) is 2.69. The van der Waals surface area contributed by atoms with Crippen LogP contribution in [0.25, 0.3) is 0 Å². The molecular formula is C8H11NO2S. The zero-order valence-corrected chi connectivity index (χ0v) is 7.89. The summed E-state index contributed by atoms with van der Waals surface area (Å²) in [5.74, 6) is 0. The van der Waals surface area contributed by atoms with Gasteiger partial charge >= 0.3 is 0 Å². The molecule has 0 unspecified atom stereocenters. The Bertz CT molecular complexity index is 256. The maximum atomic E-state index is 10.4. The SMILES string of the molecule is CC1(C)SC(C=O)=NC=C1CO. The van der Waals surface area contributed by atoms with Crippen LogP contribution in [0.1, 0.15) is 13.8 Å². The predicted molar refractivity (Wildman–Crippen MR) is 50.3 cm³/mol. The summed E-state index contributed by atoms with van der Waals surface area (Å²) in [5, 5.41) is 9.42. The molecule has 0 saturated heterocycles. The first-order valence-electron chi connectivity index (χ1n) is 3.62. The number of aldehydes is 1. The molecule has 0 bridgehead atoms. The highest BCUT2D eigenvalue weighted by Gasteiger charge is 2.28. The van der Waals surface area contributed by atoms with Crippen molar-refractivity contribution in [2.75, 3.05) is 6.61 Å². The average molecular weight is 185 g/mol. The van der Waals surface area contributed by atoms with E-state index in [0.29, 0.717) is 5.04 Å². The van der Waals surface area contributed by atoms with Crippen molar-refractivity contribution >= 4 is 23.1 Å². The third-order valence-corrected chi connectivity index (χ3v) is 2.94. The summed E-state index contributed by atoms with van der Waals surface area (Å²) >= 11 is 1.37. The van der Waals surface area contributed by atoms with E-state index >= 15 is 0 Å². The van der Waals surface area contributed by atoms with Crippen molar-refractivity contribution in [3.8, 4) is 0 Å². The first kappa shape index (κ1) is 9.48. The van der Waals surface area contributed by atoms with E-state index < -0.39 is 0 Å². The lowest BCUT2D eigenvalue weighted by atomic mass is 10.0. The van der Waals surface area contributed by atoms with Crippen LogP contribution < -0.4 is 0 Å². The van der Waals surface area contributed by atoms with Crippen LogP contribution in [0.4, 0.5) is 0 Å². The molecular weight excluding hydrogens is 174 g/mol. The first-order valence-corrected chi connectivity index (χ1v) is 4.44. The predicted octanol–water partition coefficient (Wildman–Crippen LogP) is 0.985. The summed E-state index contributed by atoms with van der Waals surface area (Å²) < 4.78 is -0.216. The van der Waals surface area contributed by atoms with Gasteiger partial charge in [0.2, 0.25) is 0 Å². The van der Waals surface area contributed by atoms with E-state index in [9.17, 15) is 4.79 Å². The van der Waals surface area contributed by atoms with Gasteiger partial charge in [0.1, 0.15) is 5.04 Å². The van der Waals surface area contributed by atoms with Gasteiger partial charge in [0.15, 0.2) is 6.29 Å². The fourth-order valence-corrected chi connectivity index (χ4v) is 1.86. The molecule has 0 radical (unpaired) electrons. The maximum absolute atomic E-state index is 10.4. The summed E-state index contributed by atoms with van der Waals surface area (Å²) in [4.78, 5) is 14.3. The molecule has 1 N–H and O–H groups in total. The van der Waals surface area contributed by atoms with Crippen molar-refractivity contribution in [3.05, 3.63) is 11.8 Å². The molecule has 12 heavy (non-hydrogen) atoms. The summed E-state index contributed by atoms with van der Waals surface area (Å²) in [5.41, 5.74) is 0.845. The van der Waals surface area contributed by atoms with Gasteiger partial charge in [-0.1, -0.05) is 11.8 Å². The third-order valence-electron chi connectivity index (χ3n) is 1.75. The molecule has 0 saturated carbocycles. The highest BCUT2D eigenvalue weighted by Crippen LogP contribution is 2.35. The highest BCUT2D eigenvalue weighted by molar-refractivity contribution is 8.16. The molecule has 0 aromatic rings. The normalized spacial score (nSPS) is 21.2. The van der Waals surface area contributed by atoms with Gasteiger partial charge in [-0.15, -0.1) is 0 Å². The molecule has 0 amide bonds. The van der Waals surface area contributed by atoms with Crippen LogP contribution >= 0.6 is 11.8 Å². The van der Waals surface area contributed by atoms with E-state index in [0.717, 1.165) is 11.9 Å². The molecule has 1 aliphatic heterocycles. The van der Waals surface area contributed by atoms with Crippen LogP contribution in [0.5, 0.6) is 0 Å². The maximum Gasteiger partial charge on any atom is 0.174 e. The first-order chi connectivity index (χ1) is 5.60. The second-order valence-corrected chi connectivity index (χ2v) is 4.65. The molecule has 0 aromatic carbocycles. The van der Waals surface area contributed by atoms with Gasteiger partial charge in [-0.05, 0) is 19.4 Å². The largest absolute Gasteiger partial charge is 0.392 e. The number of carbonyl (C=O) groups is 1. The number of hydrogen-bond acceptors (Lipinski definition) is 4. The fourth-order valence-electron chi connectivity index (χ4n) is 0.936. The lowest BCUT2D eigenvalue weighted by molar-refractivity contribution is -0.102. The smallest absolute Gasteiger partial charge is 0.174 e. The topological polar surface area (TPSA) is 49.7 Å². The number of thioether (sulfide) groups is 1. The number of nitrogens with zero attached hydrogens (tertiary/aromatic N) is 1. The molecule has 0 aromatic heterocycles. The van der Waals surface area contributed by atoms with Crippen molar-refractivity contribution in [3.63, 3.8) is 0 Å². The van der Waals surface area contributed by atoms with Crippen LogP contribution in [0, 0.1) is 0 Å². The lowest BCUT2D eigenvalue weighted by Crippen LogP contribution is -2.25. The summed E-state index contributed by atoms with van der Waals surface area (Å²) in [6.45, 7) is 3.91. The molecule has 1 aliphatic rings. The Morgan fingerprint density at radius 1 is 1.75 bits per heavy atom. The van der Waals surface area contributed by atoms with Gasteiger partial charge in [-0.3, -0.25) is 4.79 Å². The van der Waals surface area contributed by atoms with Crippen LogP contribution in [0.3, 0.4) is 0 Å². The molecule has 0 atom stereocenters. The van der Waals surface area contributed by atoms with E-state index in [1.54, 1.807) is 6.20 Å². The van der Waals surface area contributed by atoms with Crippen molar-refractivity contribution in [2.45, 2.75) is 18.6 Å².